The molecule has 6 nitrogen and oxygen atoms in total. The number of amides is 2. The van der Waals surface area contributed by atoms with Crippen molar-refractivity contribution in [2.45, 2.75) is 6.42 Å². The largest absolute Gasteiger partial charge is 0.469 e. The minimum atomic E-state index is -0.481. The van der Waals surface area contributed by atoms with E-state index in [9.17, 15) is 14.4 Å². The topological polar surface area (TPSA) is 66.9 Å². The molecule has 2 amide bonds. The number of para-hydroxylation sites is 1. The van der Waals surface area contributed by atoms with Gasteiger partial charge < -0.3 is 14.5 Å². The normalized spacial score (nSPS) is 17.8. The number of esters is 1. The molecule has 21 heavy (non-hydrogen) atoms. The van der Waals surface area contributed by atoms with Crippen LogP contribution in [-0.4, -0.2) is 50.4 Å². The summed E-state index contributed by atoms with van der Waals surface area (Å²) in [6.07, 6.45) is 0.108. The second kappa shape index (κ2) is 5.95. The third-order valence-corrected chi connectivity index (χ3v) is 3.49. The summed E-state index contributed by atoms with van der Waals surface area (Å²) in [7, 11) is 4.61. The Hall–Kier alpha value is -2.37. The zero-order chi connectivity index (χ0) is 15.6. The van der Waals surface area contributed by atoms with Crippen LogP contribution in [0.15, 0.2) is 24.3 Å². The van der Waals surface area contributed by atoms with Crippen molar-refractivity contribution in [2.24, 2.45) is 5.92 Å². The molecule has 0 aliphatic carbocycles. The van der Waals surface area contributed by atoms with E-state index in [0.717, 1.165) is 0 Å². The van der Waals surface area contributed by atoms with Crippen molar-refractivity contribution in [2.75, 3.05) is 32.6 Å². The molecule has 0 aromatic heterocycles. The summed E-state index contributed by atoms with van der Waals surface area (Å²) in [4.78, 5) is 38.9. The van der Waals surface area contributed by atoms with Crippen molar-refractivity contribution in [1.82, 2.24) is 4.90 Å². The maximum absolute atomic E-state index is 12.2. The number of carbonyl (C=O) groups is 3. The van der Waals surface area contributed by atoms with Gasteiger partial charge in [0.15, 0.2) is 0 Å². The van der Waals surface area contributed by atoms with Gasteiger partial charge >= 0.3 is 5.97 Å². The molecular formula is C15H18N2O4. The zero-order valence-corrected chi connectivity index (χ0v) is 12.3. The molecule has 1 atom stereocenters. The number of ether oxygens (including phenoxy) is 1. The highest BCUT2D eigenvalue weighted by Crippen LogP contribution is 2.29. The van der Waals surface area contributed by atoms with Gasteiger partial charge in [0.2, 0.25) is 5.91 Å². The SMILES string of the molecule is COC(=O)C1CC(=O)N(c2ccccc2C(=O)N(C)C)C1. The Labute approximate surface area is 123 Å². The van der Waals surface area contributed by atoms with Gasteiger partial charge in [-0.05, 0) is 12.1 Å². The minimum Gasteiger partial charge on any atom is -0.469 e. The van der Waals surface area contributed by atoms with Gasteiger partial charge in [-0.15, -0.1) is 0 Å². The number of hydrogen-bond donors (Lipinski definition) is 0. The molecule has 2 rings (SSSR count). The first-order valence-corrected chi connectivity index (χ1v) is 6.64. The molecule has 0 N–H and O–H groups in total. The number of anilines is 1. The van der Waals surface area contributed by atoms with E-state index < -0.39 is 11.9 Å². The fourth-order valence-corrected chi connectivity index (χ4v) is 2.40. The van der Waals surface area contributed by atoms with Crippen molar-refractivity contribution in [1.29, 1.82) is 0 Å². The van der Waals surface area contributed by atoms with Crippen molar-refractivity contribution in [3.05, 3.63) is 29.8 Å². The second-order valence-corrected chi connectivity index (χ2v) is 5.15. The van der Waals surface area contributed by atoms with E-state index in [1.54, 1.807) is 38.4 Å². The Balaban J connectivity index is 2.33. The van der Waals surface area contributed by atoms with E-state index in [1.807, 2.05) is 0 Å². The Morgan fingerprint density at radius 1 is 1.29 bits per heavy atom. The second-order valence-electron chi connectivity index (χ2n) is 5.15. The van der Waals surface area contributed by atoms with Crippen molar-refractivity contribution < 1.29 is 19.1 Å². The monoisotopic (exact) mass is 290 g/mol. The van der Waals surface area contributed by atoms with Crippen LogP contribution in [0.5, 0.6) is 0 Å². The number of hydrogen-bond acceptors (Lipinski definition) is 4. The Morgan fingerprint density at radius 3 is 2.57 bits per heavy atom. The first-order valence-electron chi connectivity index (χ1n) is 6.64. The molecule has 112 valence electrons. The quantitative estimate of drug-likeness (QED) is 0.776. The van der Waals surface area contributed by atoms with E-state index in [2.05, 4.69) is 4.74 Å². The number of nitrogens with zero attached hydrogens (tertiary/aromatic N) is 2. The van der Waals surface area contributed by atoms with Crippen molar-refractivity contribution in [3.8, 4) is 0 Å². The summed E-state index contributed by atoms with van der Waals surface area (Å²) in [6.45, 7) is 0.239. The molecule has 0 radical (unpaired) electrons. The molecule has 1 aromatic rings. The molecule has 0 spiro atoms. The van der Waals surface area contributed by atoms with Crippen LogP contribution < -0.4 is 4.90 Å². The number of methoxy groups -OCH3 is 1. The van der Waals surface area contributed by atoms with Gasteiger partial charge in [-0.1, -0.05) is 12.1 Å². The van der Waals surface area contributed by atoms with E-state index >= 15 is 0 Å². The lowest BCUT2D eigenvalue weighted by Gasteiger charge is -2.21. The average Bonchev–Trinajstić information content (AvgIpc) is 2.87. The number of carbonyl (C=O) groups excluding carboxylic acids is 3. The van der Waals surface area contributed by atoms with Crippen LogP contribution in [0, 0.1) is 5.92 Å². The van der Waals surface area contributed by atoms with E-state index in [4.69, 9.17) is 0 Å². The van der Waals surface area contributed by atoms with Gasteiger partial charge in [-0.25, -0.2) is 0 Å². The molecule has 1 aliphatic rings. The van der Waals surface area contributed by atoms with Crippen LogP contribution in [0.2, 0.25) is 0 Å². The fraction of sp³-hybridized carbons (Fsp3) is 0.400. The maximum atomic E-state index is 12.2. The number of rotatable bonds is 3. The summed E-state index contributed by atoms with van der Waals surface area (Å²) in [5.74, 6) is -1.24. The third-order valence-electron chi connectivity index (χ3n) is 3.49. The maximum Gasteiger partial charge on any atom is 0.311 e. The smallest absolute Gasteiger partial charge is 0.311 e. The van der Waals surface area contributed by atoms with E-state index in [1.165, 1.54) is 16.9 Å². The van der Waals surface area contributed by atoms with Gasteiger partial charge in [-0.2, -0.15) is 0 Å². The Kier molecular flexibility index (Phi) is 4.26. The first-order chi connectivity index (χ1) is 9.95. The zero-order valence-electron chi connectivity index (χ0n) is 12.3. The molecule has 1 unspecified atom stereocenters. The predicted molar refractivity (Wildman–Crippen MR) is 76.9 cm³/mol. The van der Waals surface area contributed by atoms with E-state index in [0.29, 0.717) is 11.3 Å². The summed E-state index contributed by atoms with van der Waals surface area (Å²) in [6, 6.07) is 6.91. The van der Waals surface area contributed by atoms with Gasteiger partial charge in [0.05, 0.1) is 24.3 Å². The van der Waals surface area contributed by atoms with Gasteiger partial charge in [-0.3, -0.25) is 14.4 Å². The van der Waals surface area contributed by atoms with Crippen molar-refractivity contribution >= 4 is 23.5 Å². The molecule has 1 fully saturated rings. The third kappa shape index (κ3) is 2.89. The fourth-order valence-electron chi connectivity index (χ4n) is 2.40. The van der Waals surface area contributed by atoms with Crippen LogP contribution in [0.3, 0.4) is 0 Å². The molecule has 0 saturated carbocycles. The van der Waals surface area contributed by atoms with Crippen LogP contribution >= 0.6 is 0 Å². The minimum absolute atomic E-state index is 0.108. The lowest BCUT2D eigenvalue weighted by Crippen LogP contribution is -2.30. The summed E-state index contributed by atoms with van der Waals surface area (Å²) in [5.41, 5.74) is 0.981. The van der Waals surface area contributed by atoms with E-state index in [-0.39, 0.29) is 24.8 Å². The lowest BCUT2D eigenvalue weighted by atomic mass is 10.1. The Morgan fingerprint density at radius 2 is 1.95 bits per heavy atom. The summed E-state index contributed by atoms with van der Waals surface area (Å²) < 4.78 is 4.69. The molecular weight excluding hydrogens is 272 g/mol. The molecule has 1 aromatic carbocycles. The molecule has 1 saturated heterocycles. The molecule has 1 aliphatic heterocycles. The van der Waals surface area contributed by atoms with Crippen molar-refractivity contribution in [3.63, 3.8) is 0 Å². The highest BCUT2D eigenvalue weighted by Gasteiger charge is 2.37. The molecule has 0 bridgehead atoms. The standard InChI is InChI=1S/C15H18N2O4/c1-16(2)14(19)11-6-4-5-7-12(11)17-9-10(8-13(17)18)15(20)21-3/h4-7,10H,8-9H2,1-3H3. The van der Waals surface area contributed by atoms with Gasteiger partial charge in [0.25, 0.3) is 5.91 Å². The first kappa shape index (κ1) is 15.0. The highest BCUT2D eigenvalue weighted by molar-refractivity contribution is 6.06. The predicted octanol–water partition coefficient (Wildman–Crippen LogP) is 0.914. The van der Waals surface area contributed by atoms with Crippen LogP contribution in [0.1, 0.15) is 16.8 Å². The van der Waals surface area contributed by atoms with Gasteiger partial charge in [0.1, 0.15) is 0 Å². The molecule has 6 heteroatoms. The van der Waals surface area contributed by atoms with Gasteiger partial charge in [0, 0.05) is 27.1 Å². The van der Waals surface area contributed by atoms with Crippen LogP contribution in [-0.2, 0) is 14.3 Å². The van der Waals surface area contributed by atoms with Crippen LogP contribution in [0.25, 0.3) is 0 Å². The lowest BCUT2D eigenvalue weighted by molar-refractivity contribution is -0.145. The Bertz CT molecular complexity index is 583. The molecule has 1 heterocycles. The summed E-state index contributed by atoms with van der Waals surface area (Å²) in [5, 5.41) is 0. The van der Waals surface area contributed by atoms with Crippen LogP contribution in [0.4, 0.5) is 5.69 Å². The average molecular weight is 290 g/mol. The summed E-state index contributed by atoms with van der Waals surface area (Å²) >= 11 is 0. The number of benzene rings is 1. The highest BCUT2D eigenvalue weighted by atomic mass is 16.5.